The summed E-state index contributed by atoms with van der Waals surface area (Å²) in [6.07, 6.45) is 0. The number of nitrogens with one attached hydrogen (secondary N) is 2. The molecule has 2 rings (SSSR count). The third-order valence-electron chi connectivity index (χ3n) is 2.92. The molecule has 0 atom stereocenters. The van der Waals surface area contributed by atoms with Crippen molar-refractivity contribution in [2.75, 3.05) is 26.2 Å². The number of carbonyl (C=O) groups excluding carboxylic acids is 1. The third kappa shape index (κ3) is 2.45. The van der Waals surface area contributed by atoms with Crippen LogP contribution in [0.3, 0.4) is 0 Å². The molecule has 2 heterocycles. The van der Waals surface area contributed by atoms with E-state index in [0.717, 1.165) is 18.8 Å². The second kappa shape index (κ2) is 5.06. The molecule has 1 aromatic rings. The number of rotatable bonds is 2. The lowest BCUT2D eigenvalue weighted by atomic mass is 10.1. The predicted molar refractivity (Wildman–Crippen MR) is 66.5 cm³/mol. The van der Waals surface area contributed by atoms with Crippen LogP contribution in [0.5, 0.6) is 0 Å². The molecule has 1 aliphatic heterocycles. The number of hydrogen-bond donors (Lipinski definition) is 2. The number of aromatic amines is 1. The molecule has 0 saturated carbocycles. The summed E-state index contributed by atoms with van der Waals surface area (Å²) in [4.78, 5) is 14.0. The van der Waals surface area contributed by atoms with Gasteiger partial charge in [-0.3, -0.25) is 9.89 Å². The van der Waals surface area contributed by atoms with E-state index in [-0.39, 0.29) is 11.8 Å². The Morgan fingerprint density at radius 1 is 1.41 bits per heavy atom. The molecule has 1 fully saturated rings. The quantitative estimate of drug-likeness (QED) is 0.837. The summed E-state index contributed by atoms with van der Waals surface area (Å²) < 4.78 is 0. The van der Waals surface area contributed by atoms with Gasteiger partial charge in [-0.1, -0.05) is 25.4 Å². The zero-order chi connectivity index (χ0) is 12.4. The lowest BCUT2D eigenvalue weighted by Gasteiger charge is -2.26. The highest BCUT2D eigenvalue weighted by Gasteiger charge is 2.25. The first kappa shape index (κ1) is 12.4. The van der Waals surface area contributed by atoms with E-state index in [9.17, 15) is 4.79 Å². The highest BCUT2D eigenvalue weighted by Crippen LogP contribution is 2.25. The van der Waals surface area contributed by atoms with Gasteiger partial charge in [0.2, 0.25) is 0 Å². The van der Waals surface area contributed by atoms with Crippen LogP contribution in [0.25, 0.3) is 0 Å². The molecular formula is C11H17ClN4O. The standard InChI is InChI=1S/C11H17ClN4O/c1-7(2)9-8(12)10(15-14-9)11(17)16-5-3-13-4-6-16/h7,13H,3-6H2,1-2H3,(H,14,15). The molecule has 1 aliphatic rings. The van der Waals surface area contributed by atoms with Crippen molar-refractivity contribution in [2.24, 2.45) is 0 Å². The third-order valence-corrected chi connectivity index (χ3v) is 3.30. The minimum Gasteiger partial charge on any atom is -0.335 e. The monoisotopic (exact) mass is 256 g/mol. The van der Waals surface area contributed by atoms with Gasteiger partial charge in [0.05, 0.1) is 10.7 Å². The molecule has 17 heavy (non-hydrogen) atoms. The Hall–Kier alpha value is -1.07. The van der Waals surface area contributed by atoms with E-state index in [0.29, 0.717) is 23.8 Å². The van der Waals surface area contributed by atoms with E-state index in [2.05, 4.69) is 15.5 Å². The molecule has 0 unspecified atom stereocenters. The Morgan fingerprint density at radius 3 is 2.59 bits per heavy atom. The van der Waals surface area contributed by atoms with Gasteiger partial charge < -0.3 is 10.2 Å². The van der Waals surface area contributed by atoms with Crippen molar-refractivity contribution in [2.45, 2.75) is 19.8 Å². The van der Waals surface area contributed by atoms with Gasteiger partial charge in [-0.25, -0.2) is 0 Å². The maximum Gasteiger partial charge on any atom is 0.276 e. The smallest absolute Gasteiger partial charge is 0.276 e. The van der Waals surface area contributed by atoms with Crippen LogP contribution in [0.2, 0.25) is 5.02 Å². The largest absolute Gasteiger partial charge is 0.335 e. The fourth-order valence-electron chi connectivity index (χ4n) is 1.88. The van der Waals surface area contributed by atoms with E-state index in [1.165, 1.54) is 0 Å². The van der Waals surface area contributed by atoms with Crippen LogP contribution in [-0.4, -0.2) is 47.2 Å². The van der Waals surface area contributed by atoms with Crippen LogP contribution in [-0.2, 0) is 0 Å². The molecule has 1 amide bonds. The van der Waals surface area contributed by atoms with Crippen molar-refractivity contribution in [3.8, 4) is 0 Å². The molecular weight excluding hydrogens is 240 g/mol. The molecule has 0 spiro atoms. The lowest BCUT2D eigenvalue weighted by molar-refractivity contribution is 0.0730. The maximum atomic E-state index is 12.2. The topological polar surface area (TPSA) is 61.0 Å². The van der Waals surface area contributed by atoms with Gasteiger partial charge in [-0.15, -0.1) is 0 Å². The maximum absolute atomic E-state index is 12.2. The van der Waals surface area contributed by atoms with Crippen molar-refractivity contribution in [3.63, 3.8) is 0 Å². The van der Waals surface area contributed by atoms with Gasteiger partial charge in [0, 0.05) is 26.2 Å². The summed E-state index contributed by atoms with van der Waals surface area (Å²) in [5.74, 6) is 0.152. The molecule has 0 radical (unpaired) electrons. The van der Waals surface area contributed by atoms with Crippen LogP contribution in [0.1, 0.15) is 35.9 Å². The summed E-state index contributed by atoms with van der Waals surface area (Å²) in [7, 11) is 0. The second-order valence-corrected chi connectivity index (χ2v) is 4.87. The zero-order valence-electron chi connectivity index (χ0n) is 10.1. The Balaban J connectivity index is 2.19. The molecule has 6 heteroatoms. The predicted octanol–water partition coefficient (Wildman–Crippen LogP) is 1.23. The minimum atomic E-state index is -0.0837. The number of H-pyrrole nitrogens is 1. The second-order valence-electron chi connectivity index (χ2n) is 4.50. The first-order valence-electron chi connectivity index (χ1n) is 5.85. The van der Waals surface area contributed by atoms with Gasteiger partial charge in [-0.2, -0.15) is 5.10 Å². The number of carbonyl (C=O) groups is 1. The lowest BCUT2D eigenvalue weighted by Crippen LogP contribution is -2.46. The normalized spacial score (nSPS) is 16.6. The Bertz CT molecular complexity index is 410. The number of nitrogens with zero attached hydrogens (tertiary/aromatic N) is 2. The summed E-state index contributed by atoms with van der Waals surface area (Å²) in [6.45, 7) is 7.09. The number of amides is 1. The molecule has 0 bridgehead atoms. The zero-order valence-corrected chi connectivity index (χ0v) is 10.8. The summed E-state index contributed by atoms with van der Waals surface area (Å²) in [5.41, 5.74) is 1.17. The summed E-state index contributed by atoms with van der Waals surface area (Å²) in [6, 6.07) is 0. The van der Waals surface area contributed by atoms with E-state index in [1.807, 2.05) is 13.8 Å². The van der Waals surface area contributed by atoms with Crippen LogP contribution in [0.15, 0.2) is 0 Å². The molecule has 0 aliphatic carbocycles. The summed E-state index contributed by atoms with van der Waals surface area (Å²) in [5, 5.41) is 10.6. The van der Waals surface area contributed by atoms with Gasteiger partial charge in [-0.05, 0) is 5.92 Å². The highest BCUT2D eigenvalue weighted by molar-refractivity contribution is 6.34. The Kier molecular flexibility index (Phi) is 3.69. The molecule has 94 valence electrons. The van der Waals surface area contributed by atoms with Crippen molar-refractivity contribution in [1.29, 1.82) is 0 Å². The van der Waals surface area contributed by atoms with E-state index < -0.39 is 0 Å². The molecule has 1 aromatic heterocycles. The van der Waals surface area contributed by atoms with Crippen molar-refractivity contribution >= 4 is 17.5 Å². The highest BCUT2D eigenvalue weighted by atomic mass is 35.5. The SMILES string of the molecule is CC(C)c1[nH]nc(C(=O)N2CCNCC2)c1Cl. The van der Waals surface area contributed by atoms with Gasteiger partial charge in [0.1, 0.15) is 0 Å². The van der Waals surface area contributed by atoms with Crippen molar-refractivity contribution < 1.29 is 4.79 Å². The van der Waals surface area contributed by atoms with Crippen LogP contribution >= 0.6 is 11.6 Å². The fourth-order valence-corrected chi connectivity index (χ4v) is 2.27. The average molecular weight is 257 g/mol. The average Bonchev–Trinajstić information content (AvgIpc) is 2.71. The van der Waals surface area contributed by atoms with Crippen molar-refractivity contribution in [3.05, 3.63) is 16.4 Å². The van der Waals surface area contributed by atoms with Gasteiger partial charge in [0.25, 0.3) is 5.91 Å². The van der Waals surface area contributed by atoms with E-state index >= 15 is 0 Å². The molecule has 0 aromatic carbocycles. The van der Waals surface area contributed by atoms with Crippen molar-refractivity contribution in [1.82, 2.24) is 20.4 Å². The summed E-state index contributed by atoms with van der Waals surface area (Å²) >= 11 is 6.18. The van der Waals surface area contributed by atoms with E-state index in [1.54, 1.807) is 4.90 Å². The van der Waals surface area contributed by atoms with Crippen LogP contribution < -0.4 is 5.32 Å². The van der Waals surface area contributed by atoms with Gasteiger partial charge >= 0.3 is 0 Å². The number of aromatic nitrogens is 2. The fraction of sp³-hybridized carbons (Fsp3) is 0.636. The number of hydrogen-bond acceptors (Lipinski definition) is 3. The van der Waals surface area contributed by atoms with E-state index in [4.69, 9.17) is 11.6 Å². The Morgan fingerprint density at radius 2 is 2.06 bits per heavy atom. The molecule has 2 N–H and O–H groups in total. The van der Waals surface area contributed by atoms with Gasteiger partial charge in [0.15, 0.2) is 5.69 Å². The first-order valence-corrected chi connectivity index (χ1v) is 6.22. The van der Waals surface area contributed by atoms with Crippen LogP contribution in [0.4, 0.5) is 0 Å². The molecule has 1 saturated heterocycles. The Labute approximate surface area is 106 Å². The minimum absolute atomic E-state index is 0.0837. The number of halogens is 1. The first-order chi connectivity index (χ1) is 8.11. The molecule has 5 nitrogen and oxygen atoms in total. The number of piperazine rings is 1. The van der Waals surface area contributed by atoms with Crippen LogP contribution in [0, 0.1) is 0 Å².